The Hall–Kier alpha value is -2.73. The van der Waals surface area contributed by atoms with Crippen LogP contribution in [0, 0.1) is 13.8 Å². The number of ether oxygens (including phenoxy) is 2. The molecular formula is C22H23NO4S. The van der Waals surface area contributed by atoms with Crippen molar-refractivity contribution < 1.29 is 19.1 Å². The lowest BCUT2D eigenvalue weighted by Crippen LogP contribution is -2.31. The fraction of sp³-hybridized carbons (Fsp3) is 0.273. The van der Waals surface area contributed by atoms with Gasteiger partial charge in [0.15, 0.2) is 0 Å². The zero-order chi connectivity index (χ0) is 20.4. The molecule has 146 valence electrons. The normalized spacial score (nSPS) is 14.1. The first-order chi connectivity index (χ1) is 13.4. The number of nitrogens with zero attached hydrogens (tertiary/aromatic N) is 1. The van der Waals surface area contributed by atoms with E-state index in [0.29, 0.717) is 33.4 Å². The molecule has 0 spiro atoms. The van der Waals surface area contributed by atoms with E-state index in [-0.39, 0.29) is 11.8 Å². The van der Waals surface area contributed by atoms with Crippen molar-refractivity contribution >= 4 is 34.8 Å². The van der Waals surface area contributed by atoms with Crippen LogP contribution in [0.4, 0.5) is 5.69 Å². The Balaban J connectivity index is 2.13. The number of hydrogen-bond acceptors (Lipinski definition) is 5. The van der Waals surface area contributed by atoms with Gasteiger partial charge in [0, 0.05) is 6.07 Å². The predicted molar refractivity (Wildman–Crippen MR) is 113 cm³/mol. The standard InChI is InChI=1S/C22H23NO4S/c1-6-28-20-19(15-8-7-13(2)14(3)11-15)21(24)23(22(20)25)17-10-9-16(26-4)12-18(17)27-5/h7-12H,6H2,1-5H3. The Bertz CT molecular complexity index is 980. The molecule has 1 aliphatic rings. The summed E-state index contributed by atoms with van der Waals surface area (Å²) in [5, 5.41) is 0. The number of benzene rings is 2. The molecule has 0 saturated carbocycles. The first kappa shape index (κ1) is 20.0. The second-order valence-corrected chi connectivity index (χ2v) is 7.69. The minimum absolute atomic E-state index is 0.325. The van der Waals surface area contributed by atoms with Gasteiger partial charge in [-0.3, -0.25) is 9.59 Å². The Kier molecular flexibility index (Phi) is 5.79. The van der Waals surface area contributed by atoms with E-state index in [1.807, 2.05) is 39.0 Å². The molecule has 3 rings (SSSR count). The van der Waals surface area contributed by atoms with Gasteiger partial charge in [-0.1, -0.05) is 25.1 Å². The van der Waals surface area contributed by atoms with Crippen LogP contribution in [0.15, 0.2) is 41.3 Å². The minimum atomic E-state index is -0.340. The van der Waals surface area contributed by atoms with Crippen molar-refractivity contribution in [2.75, 3.05) is 24.9 Å². The molecule has 2 aromatic carbocycles. The molecule has 0 N–H and O–H groups in total. The van der Waals surface area contributed by atoms with Gasteiger partial charge in [0.05, 0.1) is 30.4 Å². The van der Waals surface area contributed by atoms with Crippen molar-refractivity contribution in [1.29, 1.82) is 0 Å². The maximum atomic E-state index is 13.4. The molecular weight excluding hydrogens is 374 g/mol. The summed E-state index contributed by atoms with van der Waals surface area (Å²) in [6.07, 6.45) is 0. The van der Waals surface area contributed by atoms with E-state index in [1.54, 1.807) is 25.3 Å². The summed E-state index contributed by atoms with van der Waals surface area (Å²) < 4.78 is 10.6. The highest BCUT2D eigenvalue weighted by molar-refractivity contribution is 8.04. The number of rotatable bonds is 6. The summed E-state index contributed by atoms with van der Waals surface area (Å²) in [6, 6.07) is 10.9. The third-order valence-corrected chi connectivity index (χ3v) is 5.71. The van der Waals surface area contributed by atoms with E-state index in [4.69, 9.17) is 9.47 Å². The Labute approximate surface area is 169 Å². The highest BCUT2D eigenvalue weighted by Crippen LogP contribution is 2.42. The molecule has 2 aromatic rings. The van der Waals surface area contributed by atoms with Gasteiger partial charge in [-0.05, 0) is 48.4 Å². The first-order valence-electron chi connectivity index (χ1n) is 8.98. The summed E-state index contributed by atoms with van der Waals surface area (Å²) in [5.74, 6) is 1.02. The summed E-state index contributed by atoms with van der Waals surface area (Å²) in [5.41, 5.74) is 3.82. The number of thioether (sulfide) groups is 1. The molecule has 1 heterocycles. The SMILES string of the molecule is CCSC1=C(c2ccc(C)c(C)c2)C(=O)N(c2ccc(OC)cc2OC)C1=O. The molecule has 0 atom stereocenters. The average molecular weight is 397 g/mol. The van der Waals surface area contributed by atoms with E-state index in [1.165, 1.54) is 23.8 Å². The fourth-order valence-electron chi connectivity index (χ4n) is 3.13. The van der Waals surface area contributed by atoms with Crippen molar-refractivity contribution in [2.24, 2.45) is 0 Å². The molecule has 0 fully saturated rings. The topological polar surface area (TPSA) is 55.8 Å². The van der Waals surface area contributed by atoms with Crippen LogP contribution in [0.2, 0.25) is 0 Å². The second kappa shape index (κ2) is 8.10. The molecule has 28 heavy (non-hydrogen) atoms. The van der Waals surface area contributed by atoms with Crippen LogP contribution in [-0.2, 0) is 9.59 Å². The van der Waals surface area contributed by atoms with E-state index in [9.17, 15) is 9.59 Å². The molecule has 5 nitrogen and oxygen atoms in total. The van der Waals surface area contributed by atoms with Crippen LogP contribution in [0.1, 0.15) is 23.6 Å². The maximum absolute atomic E-state index is 13.4. The zero-order valence-electron chi connectivity index (χ0n) is 16.7. The largest absolute Gasteiger partial charge is 0.497 e. The number of carbonyl (C=O) groups excluding carboxylic acids is 2. The maximum Gasteiger partial charge on any atom is 0.272 e. The van der Waals surface area contributed by atoms with Crippen molar-refractivity contribution in [3.63, 3.8) is 0 Å². The Morgan fingerprint density at radius 2 is 1.68 bits per heavy atom. The number of methoxy groups -OCH3 is 2. The van der Waals surface area contributed by atoms with Crippen molar-refractivity contribution in [1.82, 2.24) is 0 Å². The van der Waals surface area contributed by atoms with Gasteiger partial charge in [-0.15, -0.1) is 11.8 Å². The third kappa shape index (κ3) is 3.40. The molecule has 2 amide bonds. The highest BCUT2D eigenvalue weighted by atomic mass is 32.2. The summed E-state index contributed by atoms with van der Waals surface area (Å²) in [4.78, 5) is 28.2. The zero-order valence-corrected chi connectivity index (χ0v) is 17.5. The van der Waals surface area contributed by atoms with Gasteiger partial charge in [-0.2, -0.15) is 0 Å². The van der Waals surface area contributed by atoms with E-state index in [2.05, 4.69) is 0 Å². The quantitative estimate of drug-likeness (QED) is 0.678. The molecule has 0 aromatic heterocycles. The van der Waals surface area contributed by atoms with E-state index >= 15 is 0 Å². The molecule has 0 saturated heterocycles. The van der Waals surface area contributed by atoms with Crippen molar-refractivity contribution in [3.8, 4) is 11.5 Å². The van der Waals surface area contributed by atoms with Crippen LogP contribution in [0.25, 0.3) is 5.57 Å². The minimum Gasteiger partial charge on any atom is -0.497 e. The van der Waals surface area contributed by atoms with Gasteiger partial charge < -0.3 is 9.47 Å². The van der Waals surface area contributed by atoms with Gasteiger partial charge in [0.2, 0.25) is 0 Å². The summed E-state index contributed by atoms with van der Waals surface area (Å²) >= 11 is 1.39. The fourth-order valence-corrected chi connectivity index (χ4v) is 3.98. The molecule has 0 bridgehead atoms. The number of hydrogen-bond donors (Lipinski definition) is 0. The number of imide groups is 1. The lowest BCUT2D eigenvalue weighted by molar-refractivity contribution is -0.119. The van der Waals surface area contributed by atoms with Crippen LogP contribution in [0.5, 0.6) is 11.5 Å². The average Bonchev–Trinajstić information content (AvgIpc) is 2.93. The van der Waals surface area contributed by atoms with Crippen LogP contribution in [0.3, 0.4) is 0 Å². The third-order valence-electron chi connectivity index (χ3n) is 4.75. The molecule has 6 heteroatoms. The molecule has 1 aliphatic heterocycles. The van der Waals surface area contributed by atoms with Crippen LogP contribution >= 0.6 is 11.8 Å². The molecule has 0 radical (unpaired) electrons. The summed E-state index contributed by atoms with van der Waals surface area (Å²) in [6.45, 7) is 5.98. The number of anilines is 1. The lowest BCUT2D eigenvalue weighted by Gasteiger charge is -2.19. The lowest BCUT2D eigenvalue weighted by atomic mass is 10.0. The van der Waals surface area contributed by atoms with E-state index in [0.717, 1.165) is 16.7 Å². The first-order valence-corrected chi connectivity index (χ1v) is 9.97. The van der Waals surface area contributed by atoms with Gasteiger partial charge >= 0.3 is 0 Å². The van der Waals surface area contributed by atoms with Crippen LogP contribution < -0.4 is 14.4 Å². The Morgan fingerprint density at radius 1 is 0.929 bits per heavy atom. The van der Waals surface area contributed by atoms with Gasteiger partial charge in [0.25, 0.3) is 11.8 Å². The highest BCUT2D eigenvalue weighted by Gasteiger charge is 2.41. The smallest absolute Gasteiger partial charge is 0.272 e. The molecule has 0 aliphatic carbocycles. The van der Waals surface area contributed by atoms with Crippen LogP contribution in [-0.4, -0.2) is 31.8 Å². The van der Waals surface area contributed by atoms with Gasteiger partial charge in [0.1, 0.15) is 11.5 Å². The Morgan fingerprint density at radius 3 is 2.29 bits per heavy atom. The summed E-state index contributed by atoms with van der Waals surface area (Å²) in [7, 11) is 3.05. The number of amides is 2. The van der Waals surface area contributed by atoms with Crippen molar-refractivity contribution in [2.45, 2.75) is 20.8 Å². The predicted octanol–water partition coefficient (Wildman–Crippen LogP) is 4.36. The van der Waals surface area contributed by atoms with Gasteiger partial charge in [-0.25, -0.2) is 4.90 Å². The number of aryl methyl sites for hydroxylation is 2. The number of carbonyl (C=O) groups is 2. The van der Waals surface area contributed by atoms with Crippen molar-refractivity contribution in [3.05, 3.63) is 58.0 Å². The van der Waals surface area contributed by atoms with E-state index < -0.39 is 0 Å². The second-order valence-electron chi connectivity index (χ2n) is 6.42. The molecule has 0 unspecified atom stereocenters. The monoisotopic (exact) mass is 397 g/mol.